The van der Waals surface area contributed by atoms with Gasteiger partial charge >= 0.3 is 0 Å². The lowest BCUT2D eigenvalue weighted by Crippen LogP contribution is -2.00. The van der Waals surface area contributed by atoms with Crippen LogP contribution in [0.15, 0.2) is 41.8 Å². The van der Waals surface area contributed by atoms with E-state index >= 15 is 0 Å². The molecule has 2 aromatic carbocycles. The summed E-state index contributed by atoms with van der Waals surface area (Å²) in [5.74, 6) is -1.24. The highest BCUT2D eigenvalue weighted by molar-refractivity contribution is 7.17. The Labute approximate surface area is 122 Å². The fraction of sp³-hybridized carbons (Fsp3) is 0. The first-order chi connectivity index (χ1) is 10.1. The third kappa shape index (κ3) is 1.80. The van der Waals surface area contributed by atoms with Crippen LogP contribution in [0.5, 0.6) is 0 Å². The smallest absolute Gasteiger partial charge is 0.206 e. The summed E-state index contributed by atoms with van der Waals surface area (Å²) in [6, 6.07) is 9.77. The van der Waals surface area contributed by atoms with Gasteiger partial charge in [0.1, 0.15) is 11.3 Å². The first-order valence-corrected chi connectivity index (χ1v) is 7.12. The standard InChI is InChI=1S/C15H9F2N3S/c16-9-6-11(17)14-12(7-9)20(15(18)19-14)10-1-2-13-8(5-10)3-4-21-13/h1-7H,(H2,18,19). The van der Waals surface area contributed by atoms with Gasteiger partial charge in [0.2, 0.25) is 5.95 Å². The van der Waals surface area contributed by atoms with Gasteiger partial charge in [-0.3, -0.25) is 4.57 Å². The van der Waals surface area contributed by atoms with Crippen LogP contribution >= 0.6 is 11.3 Å². The molecule has 0 aliphatic carbocycles. The summed E-state index contributed by atoms with van der Waals surface area (Å²) < 4.78 is 30.0. The SMILES string of the molecule is Nc1nc2c(F)cc(F)cc2n1-c1ccc2sccc2c1. The molecule has 0 bridgehead atoms. The van der Waals surface area contributed by atoms with Crippen LogP contribution in [0, 0.1) is 11.6 Å². The zero-order valence-corrected chi connectivity index (χ0v) is 11.5. The van der Waals surface area contributed by atoms with Gasteiger partial charge in [0.15, 0.2) is 5.82 Å². The summed E-state index contributed by atoms with van der Waals surface area (Å²) in [5.41, 5.74) is 7.00. The Morgan fingerprint density at radius 1 is 1.10 bits per heavy atom. The molecule has 3 nitrogen and oxygen atoms in total. The van der Waals surface area contributed by atoms with Crippen molar-refractivity contribution in [2.45, 2.75) is 0 Å². The van der Waals surface area contributed by atoms with Crippen molar-refractivity contribution in [2.24, 2.45) is 0 Å². The zero-order valence-electron chi connectivity index (χ0n) is 10.7. The number of fused-ring (bicyclic) bond motifs is 2. The predicted molar refractivity (Wildman–Crippen MR) is 80.8 cm³/mol. The van der Waals surface area contributed by atoms with Gasteiger partial charge < -0.3 is 5.73 Å². The molecule has 0 saturated heterocycles. The number of aromatic nitrogens is 2. The number of thiophene rings is 1. The largest absolute Gasteiger partial charge is 0.369 e. The van der Waals surface area contributed by atoms with Crippen molar-refractivity contribution < 1.29 is 8.78 Å². The first kappa shape index (κ1) is 12.3. The number of imidazole rings is 1. The molecular formula is C15H9F2N3S. The summed E-state index contributed by atoms with van der Waals surface area (Å²) in [4.78, 5) is 4.00. The molecule has 0 unspecified atom stereocenters. The molecule has 2 heterocycles. The molecule has 4 aromatic rings. The maximum Gasteiger partial charge on any atom is 0.206 e. The summed E-state index contributed by atoms with van der Waals surface area (Å²) in [7, 11) is 0. The van der Waals surface area contributed by atoms with Crippen molar-refractivity contribution in [3.8, 4) is 5.69 Å². The van der Waals surface area contributed by atoms with Gasteiger partial charge in [-0.25, -0.2) is 13.8 Å². The summed E-state index contributed by atoms with van der Waals surface area (Å²) in [6.07, 6.45) is 0. The second-order valence-electron chi connectivity index (χ2n) is 4.70. The quantitative estimate of drug-likeness (QED) is 0.575. The average molecular weight is 301 g/mol. The van der Waals surface area contributed by atoms with Crippen molar-refractivity contribution >= 4 is 38.4 Å². The molecule has 0 atom stereocenters. The molecule has 0 aliphatic heterocycles. The van der Waals surface area contributed by atoms with Crippen molar-refractivity contribution in [1.82, 2.24) is 9.55 Å². The van der Waals surface area contributed by atoms with E-state index in [1.807, 2.05) is 29.6 Å². The van der Waals surface area contributed by atoms with Crippen LogP contribution in [0.1, 0.15) is 0 Å². The van der Waals surface area contributed by atoms with Crippen LogP contribution in [0.3, 0.4) is 0 Å². The number of anilines is 1. The average Bonchev–Trinajstić information content (AvgIpc) is 3.01. The lowest BCUT2D eigenvalue weighted by Gasteiger charge is -2.07. The molecule has 4 rings (SSSR count). The number of hydrogen-bond donors (Lipinski definition) is 1. The van der Waals surface area contributed by atoms with Crippen LogP contribution in [0.25, 0.3) is 26.8 Å². The van der Waals surface area contributed by atoms with Crippen molar-refractivity contribution in [3.63, 3.8) is 0 Å². The number of nitrogens with two attached hydrogens (primary N) is 1. The van der Waals surface area contributed by atoms with Crippen LogP contribution < -0.4 is 5.73 Å². The van der Waals surface area contributed by atoms with Gasteiger partial charge in [-0.1, -0.05) is 0 Å². The number of nitrogen functional groups attached to an aromatic ring is 1. The van der Waals surface area contributed by atoms with E-state index in [1.165, 1.54) is 6.07 Å². The van der Waals surface area contributed by atoms with Crippen LogP contribution in [0.4, 0.5) is 14.7 Å². The topological polar surface area (TPSA) is 43.8 Å². The zero-order chi connectivity index (χ0) is 14.6. The van der Waals surface area contributed by atoms with Crippen LogP contribution in [-0.2, 0) is 0 Å². The van der Waals surface area contributed by atoms with E-state index in [-0.39, 0.29) is 11.5 Å². The van der Waals surface area contributed by atoms with E-state index in [0.29, 0.717) is 5.52 Å². The van der Waals surface area contributed by atoms with Gasteiger partial charge in [0.05, 0.1) is 5.52 Å². The minimum Gasteiger partial charge on any atom is -0.369 e. The predicted octanol–water partition coefficient (Wildman–Crippen LogP) is 4.10. The van der Waals surface area contributed by atoms with Crippen LogP contribution in [0.2, 0.25) is 0 Å². The summed E-state index contributed by atoms with van der Waals surface area (Å²) >= 11 is 1.63. The molecular weight excluding hydrogens is 292 g/mol. The van der Waals surface area contributed by atoms with Gasteiger partial charge in [-0.2, -0.15) is 0 Å². The molecule has 6 heteroatoms. The lowest BCUT2D eigenvalue weighted by molar-refractivity contribution is 0.590. The monoisotopic (exact) mass is 301 g/mol. The molecule has 0 aliphatic rings. The minimum absolute atomic E-state index is 0.0688. The van der Waals surface area contributed by atoms with Gasteiger partial charge in [-0.05, 0) is 35.0 Å². The number of halogens is 2. The highest BCUT2D eigenvalue weighted by Gasteiger charge is 2.15. The molecule has 0 spiro atoms. The minimum atomic E-state index is -0.716. The van der Waals surface area contributed by atoms with Gasteiger partial charge in [0.25, 0.3) is 0 Å². The third-order valence-electron chi connectivity index (χ3n) is 3.40. The maximum atomic E-state index is 13.8. The van der Waals surface area contributed by atoms with E-state index in [1.54, 1.807) is 15.9 Å². The fourth-order valence-corrected chi connectivity index (χ4v) is 3.26. The molecule has 0 saturated carbocycles. The first-order valence-electron chi connectivity index (χ1n) is 6.24. The lowest BCUT2D eigenvalue weighted by atomic mass is 10.2. The summed E-state index contributed by atoms with van der Waals surface area (Å²) in [5, 5.41) is 3.04. The van der Waals surface area contributed by atoms with E-state index in [2.05, 4.69) is 4.98 Å². The second kappa shape index (κ2) is 4.26. The molecule has 0 radical (unpaired) electrons. The van der Waals surface area contributed by atoms with Gasteiger partial charge in [-0.15, -0.1) is 11.3 Å². The van der Waals surface area contributed by atoms with Crippen molar-refractivity contribution in [3.05, 3.63) is 53.4 Å². The highest BCUT2D eigenvalue weighted by atomic mass is 32.1. The Hall–Kier alpha value is -2.47. The summed E-state index contributed by atoms with van der Waals surface area (Å²) in [6.45, 7) is 0. The molecule has 104 valence electrons. The van der Waals surface area contributed by atoms with E-state index < -0.39 is 11.6 Å². The second-order valence-corrected chi connectivity index (χ2v) is 5.65. The Morgan fingerprint density at radius 3 is 2.81 bits per heavy atom. The molecule has 0 amide bonds. The van der Waals surface area contributed by atoms with E-state index in [0.717, 1.165) is 21.8 Å². The van der Waals surface area contributed by atoms with Crippen molar-refractivity contribution in [2.75, 3.05) is 5.73 Å². The Balaban J connectivity index is 2.06. The van der Waals surface area contributed by atoms with Gasteiger partial charge in [0, 0.05) is 22.5 Å². The highest BCUT2D eigenvalue weighted by Crippen LogP contribution is 2.29. The Bertz CT molecular complexity index is 987. The molecule has 2 N–H and O–H groups in total. The molecule has 2 aromatic heterocycles. The third-order valence-corrected chi connectivity index (χ3v) is 4.30. The van der Waals surface area contributed by atoms with Crippen LogP contribution in [-0.4, -0.2) is 9.55 Å². The molecule has 21 heavy (non-hydrogen) atoms. The van der Waals surface area contributed by atoms with Crippen molar-refractivity contribution in [1.29, 1.82) is 0 Å². The Morgan fingerprint density at radius 2 is 1.95 bits per heavy atom. The number of hydrogen-bond acceptors (Lipinski definition) is 3. The number of rotatable bonds is 1. The number of benzene rings is 2. The number of nitrogens with zero attached hydrogens (tertiary/aromatic N) is 2. The van der Waals surface area contributed by atoms with E-state index in [4.69, 9.17) is 5.73 Å². The normalized spacial score (nSPS) is 11.5. The fourth-order valence-electron chi connectivity index (χ4n) is 2.49. The van der Waals surface area contributed by atoms with E-state index in [9.17, 15) is 8.78 Å². The Kier molecular flexibility index (Phi) is 2.49. The molecule has 0 fully saturated rings. The maximum absolute atomic E-state index is 13.8.